The second-order valence-electron chi connectivity index (χ2n) is 2.87. The smallest absolute Gasteiger partial charge is 0.0674 e. The van der Waals surface area contributed by atoms with E-state index in [1.165, 1.54) is 12.8 Å². The Bertz CT molecular complexity index is 72.1. The average molecular weight is 97.2 g/mol. The van der Waals surface area contributed by atoms with E-state index >= 15 is 0 Å². The molecule has 0 saturated heterocycles. The zero-order valence-electron chi connectivity index (χ0n) is 5.41. The summed E-state index contributed by atoms with van der Waals surface area (Å²) in [6.45, 7) is 6.85. The van der Waals surface area contributed by atoms with Gasteiger partial charge in [-0.1, -0.05) is 20.3 Å². The van der Waals surface area contributed by atoms with Crippen LogP contribution in [-0.2, 0) is 0 Å². The SMILES string of the molecule is CCC1(C)C[C-]1C. The molecular formula is C7H13-. The maximum atomic E-state index is 2.34. The fourth-order valence-corrected chi connectivity index (χ4v) is 0.968. The van der Waals surface area contributed by atoms with Gasteiger partial charge in [-0.3, -0.25) is 0 Å². The topological polar surface area (TPSA) is 0 Å². The summed E-state index contributed by atoms with van der Waals surface area (Å²) < 4.78 is 0. The third-order valence-electron chi connectivity index (χ3n) is 2.34. The molecule has 0 N–H and O–H groups in total. The van der Waals surface area contributed by atoms with Crippen LogP contribution in [0.1, 0.15) is 33.6 Å². The Morgan fingerprint density at radius 3 is 2.14 bits per heavy atom. The second kappa shape index (κ2) is 1.24. The number of hydrogen-bond acceptors (Lipinski definition) is 0. The minimum atomic E-state index is 0.667. The summed E-state index contributed by atoms with van der Waals surface area (Å²) in [6.07, 6.45) is 2.71. The first-order valence-corrected chi connectivity index (χ1v) is 3.02. The van der Waals surface area contributed by atoms with Gasteiger partial charge in [0.15, 0.2) is 0 Å². The molecule has 1 aliphatic carbocycles. The predicted octanol–water partition coefficient (Wildman–Crippen LogP) is 2.40. The summed E-state index contributed by atoms with van der Waals surface area (Å²) in [5.41, 5.74) is 0.667. The van der Waals surface area contributed by atoms with Crippen LogP contribution in [0.5, 0.6) is 0 Å². The Hall–Kier alpha value is 0. The molecular weight excluding hydrogens is 84.1 g/mol. The lowest BCUT2D eigenvalue weighted by atomic mass is 10.0. The molecule has 0 amide bonds. The van der Waals surface area contributed by atoms with E-state index in [9.17, 15) is 0 Å². The summed E-state index contributed by atoms with van der Waals surface area (Å²) in [5, 5.41) is 0. The van der Waals surface area contributed by atoms with Crippen molar-refractivity contribution in [2.24, 2.45) is 5.41 Å². The molecule has 0 heterocycles. The molecule has 1 rings (SSSR count). The van der Waals surface area contributed by atoms with Crippen LogP contribution in [0.4, 0.5) is 0 Å². The molecule has 0 heteroatoms. The minimum absolute atomic E-state index is 0.667. The third kappa shape index (κ3) is 0.667. The molecule has 0 aromatic rings. The first-order valence-electron chi connectivity index (χ1n) is 3.02. The van der Waals surface area contributed by atoms with Gasteiger partial charge in [0.05, 0.1) is 0 Å². The van der Waals surface area contributed by atoms with Crippen molar-refractivity contribution in [2.45, 2.75) is 33.6 Å². The summed E-state index contributed by atoms with van der Waals surface area (Å²) in [7, 11) is 0. The van der Waals surface area contributed by atoms with E-state index in [-0.39, 0.29) is 0 Å². The number of rotatable bonds is 1. The highest BCUT2D eigenvalue weighted by molar-refractivity contribution is 5.19. The van der Waals surface area contributed by atoms with Crippen LogP contribution in [0.3, 0.4) is 0 Å². The van der Waals surface area contributed by atoms with Crippen molar-refractivity contribution in [3.8, 4) is 0 Å². The van der Waals surface area contributed by atoms with E-state index in [0.29, 0.717) is 5.41 Å². The highest BCUT2D eigenvalue weighted by Gasteiger charge is 2.28. The van der Waals surface area contributed by atoms with Gasteiger partial charge in [0.2, 0.25) is 0 Å². The molecule has 42 valence electrons. The number of hydrogen-bond donors (Lipinski definition) is 0. The van der Waals surface area contributed by atoms with Crippen molar-refractivity contribution < 1.29 is 0 Å². The van der Waals surface area contributed by atoms with E-state index in [0.717, 1.165) is 0 Å². The lowest BCUT2D eigenvalue weighted by molar-refractivity contribution is 0.562. The first-order chi connectivity index (χ1) is 3.19. The van der Waals surface area contributed by atoms with E-state index in [4.69, 9.17) is 0 Å². The molecule has 0 aromatic carbocycles. The summed E-state index contributed by atoms with van der Waals surface area (Å²) in [4.78, 5) is 0. The molecule has 0 bridgehead atoms. The largest absolute Gasteiger partial charge is 0.315 e. The molecule has 0 nitrogen and oxygen atoms in total. The Kier molecular flexibility index (Phi) is 0.911. The monoisotopic (exact) mass is 97.1 g/mol. The van der Waals surface area contributed by atoms with Crippen molar-refractivity contribution in [3.05, 3.63) is 5.92 Å². The van der Waals surface area contributed by atoms with Gasteiger partial charge in [0.1, 0.15) is 0 Å². The molecule has 1 aliphatic rings. The molecule has 1 fully saturated rings. The Labute approximate surface area is 45.9 Å². The first kappa shape index (κ1) is 5.14. The molecule has 0 spiro atoms. The lowest BCUT2D eigenvalue weighted by Crippen LogP contribution is -1.89. The van der Waals surface area contributed by atoms with Gasteiger partial charge in [-0.05, 0) is 0 Å². The highest BCUT2D eigenvalue weighted by Crippen LogP contribution is 2.55. The maximum Gasteiger partial charge on any atom is -0.0674 e. The predicted molar refractivity (Wildman–Crippen MR) is 31.9 cm³/mol. The summed E-state index contributed by atoms with van der Waals surface area (Å²) in [5.74, 6) is 1.69. The fraction of sp³-hybridized carbons (Fsp3) is 0.857. The third-order valence-corrected chi connectivity index (χ3v) is 2.34. The van der Waals surface area contributed by atoms with Gasteiger partial charge >= 0.3 is 0 Å². The summed E-state index contributed by atoms with van der Waals surface area (Å²) in [6, 6.07) is 0. The van der Waals surface area contributed by atoms with Crippen LogP contribution in [0.15, 0.2) is 0 Å². The highest BCUT2D eigenvalue weighted by atomic mass is 14.5. The van der Waals surface area contributed by atoms with Crippen LogP contribution in [-0.4, -0.2) is 0 Å². The molecule has 0 radical (unpaired) electrons. The normalized spacial score (nSPS) is 41.6. The van der Waals surface area contributed by atoms with Crippen molar-refractivity contribution in [3.63, 3.8) is 0 Å². The van der Waals surface area contributed by atoms with E-state index in [2.05, 4.69) is 20.8 Å². The molecule has 1 unspecified atom stereocenters. The average Bonchev–Trinajstić information content (AvgIpc) is 2.18. The minimum Gasteiger partial charge on any atom is -0.315 e. The Morgan fingerprint density at radius 1 is 1.71 bits per heavy atom. The second-order valence-corrected chi connectivity index (χ2v) is 2.87. The fourth-order valence-electron chi connectivity index (χ4n) is 0.968. The van der Waals surface area contributed by atoms with Gasteiger partial charge in [-0.25, -0.2) is 0 Å². The van der Waals surface area contributed by atoms with Gasteiger partial charge in [0.25, 0.3) is 0 Å². The van der Waals surface area contributed by atoms with Crippen LogP contribution >= 0.6 is 0 Å². The zero-order valence-corrected chi connectivity index (χ0v) is 5.41. The van der Waals surface area contributed by atoms with Gasteiger partial charge < -0.3 is 5.92 Å². The van der Waals surface area contributed by atoms with Crippen molar-refractivity contribution in [1.82, 2.24) is 0 Å². The lowest BCUT2D eigenvalue weighted by Gasteiger charge is -2.13. The van der Waals surface area contributed by atoms with Gasteiger partial charge in [0, 0.05) is 0 Å². The van der Waals surface area contributed by atoms with Crippen molar-refractivity contribution in [1.29, 1.82) is 0 Å². The Morgan fingerprint density at radius 2 is 2.14 bits per heavy atom. The van der Waals surface area contributed by atoms with Crippen molar-refractivity contribution in [2.75, 3.05) is 0 Å². The molecule has 0 aliphatic heterocycles. The van der Waals surface area contributed by atoms with E-state index < -0.39 is 0 Å². The van der Waals surface area contributed by atoms with E-state index in [1.54, 1.807) is 5.92 Å². The van der Waals surface area contributed by atoms with Gasteiger partial charge in [-0.15, -0.1) is 0 Å². The molecule has 1 atom stereocenters. The molecule has 7 heavy (non-hydrogen) atoms. The molecule has 1 saturated carbocycles. The van der Waals surface area contributed by atoms with Crippen molar-refractivity contribution >= 4 is 0 Å². The maximum absolute atomic E-state index is 2.34. The van der Waals surface area contributed by atoms with Crippen LogP contribution in [0.2, 0.25) is 0 Å². The van der Waals surface area contributed by atoms with Crippen LogP contribution < -0.4 is 0 Å². The standard InChI is InChI=1S/C7H13/c1-4-7(3)5-6(7)2/h4-5H2,1-3H3/q-1. The zero-order chi connectivity index (χ0) is 5.49. The summed E-state index contributed by atoms with van der Waals surface area (Å²) >= 11 is 0. The quantitative estimate of drug-likeness (QED) is 0.441. The molecule has 0 aromatic heterocycles. The van der Waals surface area contributed by atoms with Crippen LogP contribution in [0.25, 0.3) is 0 Å². The van der Waals surface area contributed by atoms with Gasteiger partial charge in [-0.2, -0.15) is 18.8 Å². The van der Waals surface area contributed by atoms with Crippen LogP contribution in [0, 0.1) is 11.3 Å². The van der Waals surface area contributed by atoms with E-state index in [1.807, 2.05) is 0 Å². The Balaban J connectivity index is 2.36.